The highest BCUT2D eigenvalue weighted by molar-refractivity contribution is 7.15. The third-order valence-electron chi connectivity index (χ3n) is 3.98. The fraction of sp³-hybridized carbons (Fsp3) is 0.100. The molecule has 7 heteroatoms. The molecule has 2 heterocycles. The van der Waals surface area contributed by atoms with Crippen LogP contribution in [0.3, 0.4) is 0 Å². The molecule has 4 aromatic rings. The van der Waals surface area contributed by atoms with Crippen LogP contribution in [-0.2, 0) is 13.2 Å². The standard InChI is InChI=1S/C20H16FN3O2S/c21-15-6-4-14(5-7-15)13-26-18-3-1-2-16(10-18)22-12-17-11-19(25)24-8-9-27-20(24)23-17/h1-11,22H,12-13H2. The Hall–Kier alpha value is -3.19. The van der Waals surface area contributed by atoms with Crippen molar-refractivity contribution < 1.29 is 9.13 Å². The lowest BCUT2D eigenvalue weighted by Crippen LogP contribution is -2.14. The predicted octanol–water partition coefficient (Wildman–Crippen LogP) is 4.09. The van der Waals surface area contributed by atoms with E-state index in [-0.39, 0.29) is 11.4 Å². The van der Waals surface area contributed by atoms with Crippen molar-refractivity contribution in [1.82, 2.24) is 9.38 Å². The molecule has 0 saturated carbocycles. The van der Waals surface area contributed by atoms with Gasteiger partial charge in [-0.1, -0.05) is 18.2 Å². The smallest absolute Gasteiger partial charge is 0.258 e. The molecule has 4 rings (SSSR count). The van der Waals surface area contributed by atoms with E-state index in [9.17, 15) is 9.18 Å². The number of hydrogen-bond acceptors (Lipinski definition) is 5. The molecular weight excluding hydrogens is 365 g/mol. The summed E-state index contributed by atoms with van der Waals surface area (Å²) >= 11 is 1.43. The first-order valence-electron chi connectivity index (χ1n) is 8.34. The van der Waals surface area contributed by atoms with Crippen LogP contribution < -0.4 is 15.6 Å². The maximum Gasteiger partial charge on any atom is 0.258 e. The molecule has 0 fully saturated rings. The molecule has 1 N–H and O–H groups in total. The number of nitrogens with zero attached hydrogens (tertiary/aromatic N) is 2. The summed E-state index contributed by atoms with van der Waals surface area (Å²) in [7, 11) is 0. The molecular formula is C20H16FN3O2S. The van der Waals surface area contributed by atoms with Crippen LogP contribution in [-0.4, -0.2) is 9.38 Å². The second kappa shape index (κ2) is 7.59. The topological polar surface area (TPSA) is 55.6 Å². The Bertz CT molecular complexity index is 1120. The SMILES string of the molecule is O=c1cc(CNc2cccc(OCc3ccc(F)cc3)c2)nc2sccn12. The minimum Gasteiger partial charge on any atom is -0.489 e. The molecule has 0 amide bonds. The number of halogens is 1. The monoisotopic (exact) mass is 381 g/mol. The highest BCUT2D eigenvalue weighted by Gasteiger charge is 2.04. The molecule has 0 atom stereocenters. The summed E-state index contributed by atoms with van der Waals surface area (Å²) in [6.45, 7) is 0.794. The zero-order valence-electron chi connectivity index (χ0n) is 14.3. The van der Waals surface area contributed by atoms with Crippen molar-refractivity contribution in [2.45, 2.75) is 13.2 Å². The number of fused-ring (bicyclic) bond motifs is 1. The molecule has 0 unspecified atom stereocenters. The summed E-state index contributed by atoms with van der Waals surface area (Å²) in [5.41, 5.74) is 2.35. The minimum absolute atomic E-state index is 0.0885. The zero-order chi connectivity index (χ0) is 18.6. The van der Waals surface area contributed by atoms with Gasteiger partial charge in [0.15, 0.2) is 4.96 Å². The zero-order valence-corrected chi connectivity index (χ0v) is 15.1. The molecule has 27 heavy (non-hydrogen) atoms. The summed E-state index contributed by atoms with van der Waals surface area (Å²) in [4.78, 5) is 17.2. The van der Waals surface area contributed by atoms with E-state index in [1.54, 1.807) is 18.3 Å². The summed E-state index contributed by atoms with van der Waals surface area (Å²) < 4.78 is 20.2. The van der Waals surface area contributed by atoms with Crippen LogP contribution in [0.15, 0.2) is 71.0 Å². The molecule has 0 aliphatic rings. The maximum absolute atomic E-state index is 12.9. The Morgan fingerprint density at radius 2 is 2.00 bits per heavy atom. The second-order valence-electron chi connectivity index (χ2n) is 5.94. The van der Waals surface area contributed by atoms with Crippen LogP contribution >= 0.6 is 11.3 Å². The number of rotatable bonds is 6. The van der Waals surface area contributed by atoms with E-state index in [1.807, 2.05) is 29.6 Å². The summed E-state index contributed by atoms with van der Waals surface area (Å²) in [6, 6.07) is 15.3. The van der Waals surface area contributed by atoms with Crippen LogP contribution in [0.1, 0.15) is 11.3 Å². The van der Waals surface area contributed by atoms with Gasteiger partial charge in [-0.2, -0.15) is 0 Å². The van der Waals surface area contributed by atoms with Gasteiger partial charge in [-0.05, 0) is 29.8 Å². The Kier molecular flexibility index (Phi) is 4.84. The first-order chi connectivity index (χ1) is 13.2. The third kappa shape index (κ3) is 4.15. The van der Waals surface area contributed by atoms with Gasteiger partial charge in [-0.15, -0.1) is 11.3 Å². The fourth-order valence-electron chi connectivity index (χ4n) is 2.61. The molecule has 0 bridgehead atoms. The van der Waals surface area contributed by atoms with E-state index in [0.717, 1.165) is 11.3 Å². The fourth-order valence-corrected chi connectivity index (χ4v) is 3.35. The average molecular weight is 381 g/mol. The molecule has 5 nitrogen and oxygen atoms in total. The summed E-state index contributed by atoms with van der Waals surface area (Å²) in [5, 5.41) is 5.09. The van der Waals surface area contributed by atoms with Crippen molar-refractivity contribution in [3.8, 4) is 5.75 Å². The highest BCUT2D eigenvalue weighted by atomic mass is 32.1. The van der Waals surface area contributed by atoms with Gasteiger partial charge in [0.2, 0.25) is 0 Å². The number of thiazole rings is 1. The van der Waals surface area contributed by atoms with Crippen LogP contribution in [0.5, 0.6) is 5.75 Å². The van der Waals surface area contributed by atoms with Gasteiger partial charge in [-0.25, -0.2) is 9.37 Å². The van der Waals surface area contributed by atoms with Crippen LogP contribution in [0.2, 0.25) is 0 Å². The lowest BCUT2D eigenvalue weighted by atomic mass is 10.2. The van der Waals surface area contributed by atoms with Crippen LogP contribution in [0.4, 0.5) is 10.1 Å². The van der Waals surface area contributed by atoms with Crippen molar-refractivity contribution in [1.29, 1.82) is 0 Å². The summed E-state index contributed by atoms with van der Waals surface area (Å²) in [6.07, 6.45) is 1.72. The normalized spacial score (nSPS) is 10.9. The van der Waals surface area contributed by atoms with Crippen molar-refractivity contribution >= 4 is 22.0 Å². The summed E-state index contributed by atoms with van der Waals surface area (Å²) in [5.74, 6) is 0.435. The third-order valence-corrected chi connectivity index (χ3v) is 4.74. The number of benzene rings is 2. The van der Waals surface area contributed by atoms with Crippen molar-refractivity contribution in [2.24, 2.45) is 0 Å². The quantitative estimate of drug-likeness (QED) is 0.547. The molecule has 0 spiro atoms. The lowest BCUT2D eigenvalue weighted by molar-refractivity contribution is 0.306. The van der Waals surface area contributed by atoms with Crippen molar-refractivity contribution in [2.75, 3.05) is 5.32 Å². The largest absolute Gasteiger partial charge is 0.489 e. The van der Waals surface area contributed by atoms with Gasteiger partial charge in [0.05, 0.1) is 12.2 Å². The van der Waals surface area contributed by atoms with E-state index in [1.165, 1.54) is 33.9 Å². The van der Waals surface area contributed by atoms with Gasteiger partial charge in [0, 0.05) is 29.4 Å². The Morgan fingerprint density at radius 3 is 2.85 bits per heavy atom. The van der Waals surface area contributed by atoms with Gasteiger partial charge in [0.1, 0.15) is 18.2 Å². The number of aromatic nitrogens is 2. The Morgan fingerprint density at radius 1 is 1.15 bits per heavy atom. The highest BCUT2D eigenvalue weighted by Crippen LogP contribution is 2.19. The molecule has 2 aromatic heterocycles. The number of anilines is 1. The Balaban J connectivity index is 1.41. The predicted molar refractivity (Wildman–Crippen MR) is 104 cm³/mol. The van der Waals surface area contributed by atoms with Gasteiger partial charge in [-0.3, -0.25) is 9.20 Å². The average Bonchev–Trinajstić information content (AvgIpc) is 3.16. The van der Waals surface area contributed by atoms with E-state index < -0.39 is 0 Å². The molecule has 136 valence electrons. The molecule has 0 radical (unpaired) electrons. The van der Waals surface area contributed by atoms with Gasteiger partial charge < -0.3 is 10.1 Å². The molecule has 0 saturated heterocycles. The van der Waals surface area contributed by atoms with Crippen LogP contribution in [0.25, 0.3) is 4.96 Å². The molecule has 2 aromatic carbocycles. The van der Waals surface area contributed by atoms with E-state index >= 15 is 0 Å². The first-order valence-corrected chi connectivity index (χ1v) is 9.22. The number of ether oxygens (including phenoxy) is 1. The van der Waals surface area contributed by atoms with E-state index in [2.05, 4.69) is 10.3 Å². The Labute approximate surface area is 158 Å². The van der Waals surface area contributed by atoms with E-state index in [0.29, 0.717) is 29.6 Å². The number of hydrogen-bond donors (Lipinski definition) is 1. The molecule has 0 aliphatic carbocycles. The van der Waals surface area contributed by atoms with Crippen LogP contribution in [0, 0.1) is 5.82 Å². The van der Waals surface area contributed by atoms with E-state index in [4.69, 9.17) is 4.74 Å². The van der Waals surface area contributed by atoms with Gasteiger partial charge >= 0.3 is 0 Å². The van der Waals surface area contributed by atoms with Crippen molar-refractivity contribution in [3.05, 3.63) is 93.6 Å². The second-order valence-corrected chi connectivity index (χ2v) is 6.81. The lowest BCUT2D eigenvalue weighted by Gasteiger charge is -2.10. The maximum atomic E-state index is 12.9. The first kappa shape index (κ1) is 17.2. The minimum atomic E-state index is -0.265. The number of nitrogens with one attached hydrogen (secondary N) is 1. The molecule has 0 aliphatic heterocycles. The van der Waals surface area contributed by atoms with Crippen molar-refractivity contribution in [3.63, 3.8) is 0 Å². The van der Waals surface area contributed by atoms with Gasteiger partial charge in [0.25, 0.3) is 5.56 Å².